The molecular weight excluding hydrogens is 319 g/mol. The Balaban J connectivity index is 1.49. The van der Waals surface area contributed by atoms with Crippen LogP contribution in [0.1, 0.15) is 23.7 Å². The van der Waals surface area contributed by atoms with Crippen molar-refractivity contribution in [2.24, 2.45) is 7.05 Å². The molecule has 2 aromatic heterocycles. The highest BCUT2D eigenvalue weighted by Gasteiger charge is 2.30. The molecule has 0 spiro atoms. The quantitative estimate of drug-likeness (QED) is 0.738. The van der Waals surface area contributed by atoms with E-state index in [9.17, 15) is 9.18 Å². The summed E-state index contributed by atoms with van der Waals surface area (Å²) in [5.41, 5.74) is 2.64. The summed E-state index contributed by atoms with van der Waals surface area (Å²) in [5.74, 6) is 0.935. The third-order valence-corrected chi connectivity index (χ3v) is 4.87. The van der Waals surface area contributed by atoms with Gasteiger partial charge in [-0.05, 0) is 30.2 Å². The molecule has 1 fully saturated rings. The van der Waals surface area contributed by atoms with Crippen LogP contribution in [0.4, 0.5) is 4.39 Å². The van der Waals surface area contributed by atoms with Crippen molar-refractivity contribution in [3.05, 3.63) is 59.9 Å². The zero-order valence-electron chi connectivity index (χ0n) is 14.0. The predicted octanol–water partition coefficient (Wildman–Crippen LogP) is 2.67. The lowest BCUT2D eigenvalue weighted by molar-refractivity contribution is -0.129. The van der Waals surface area contributed by atoms with E-state index in [1.54, 1.807) is 18.3 Å². The first kappa shape index (κ1) is 15.7. The van der Waals surface area contributed by atoms with Crippen LogP contribution in [0.25, 0.3) is 11.0 Å². The minimum atomic E-state index is -0.307. The third kappa shape index (κ3) is 2.99. The average molecular weight is 338 g/mol. The van der Waals surface area contributed by atoms with Crippen LogP contribution in [0.3, 0.4) is 0 Å². The first-order valence-corrected chi connectivity index (χ1v) is 8.40. The predicted molar refractivity (Wildman–Crippen MR) is 92.6 cm³/mol. The Morgan fingerprint density at radius 1 is 1.36 bits per heavy atom. The standard InChI is InChI=1S/C19H19FN4O/c1-23-17-11-21-7-5-16(17)22-19(23)14-6-8-24(12-14)18(25)10-13-3-2-4-15(20)9-13/h2-5,7,9,11,14H,6,8,10,12H2,1H3. The van der Waals surface area contributed by atoms with Crippen molar-refractivity contribution in [2.75, 3.05) is 13.1 Å². The number of pyridine rings is 1. The van der Waals surface area contributed by atoms with Crippen molar-refractivity contribution in [1.29, 1.82) is 0 Å². The molecule has 3 aromatic rings. The van der Waals surface area contributed by atoms with Gasteiger partial charge in [0.2, 0.25) is 5.91 Å². The largest absolute Gasteiger partial charge is 0.342 e. The second-order valence-corrected chi connectivity index (χ2v) is 6.53. The number of carbonyl (C=O) groups excluding carboxylic acids is 1. The van der Waals surface area contributed by atoms with E-state index in [-0.39, 0.29) is 24.1 Å². The zero-order valence-corrected chi connectivity index (χ0v) is 14.0. The first-order valence-electron chi connectivity index (χ1n) is 8.40. The molecule has 128 valence electrons. The molecule has 0 radical (unpaired) electrons. The molecule has 0 bridgehead atoms. The number of carbonyl (C=O) groups is 1. The molecule has 1 unspecified atom stereocenters. The van der Waals surface area contributed by atoms with E-state index in [1.807, 2.05) is 24.2 Å². The number of hydrogen-bond donors (Lipinski definition) is 0. The van der Waals surface area contributed by atoms with E-state index >= 15 is 0 Å². The zero-order chi connectivity index (χ0) is 17.4. The minimum absolute atomic E-state index is 0.0357. The summed E-state index contributed by atoms with van der Waals surface area (Å²) >= 11 is 0. The highest BCUT2D eigenvalue weighted by atomic mass is 19.1. The van der Waals surface area contributed by atoms with Gasteiger partial charge in [0.15, 0.2) is 0 Å². The molecule has 1 aliphatic rings. The fourth-order valence-electron chi connectivity index (χ4n) is 3.55. The van der Waals surface area contributed by atoms with Gasteiger partial charge in [-0.3, -0.25) is 9.78 Å². The van der Waals surface area contributed by atoms with Gasteiger partial charge < -0.3 is 9.47 Å². The summed E-state index contributed by atoms with van der Waals surface area (Å²) < 4.78 is 15.3. The molecule has 1 saturated heterocycles. The molecule has 25 heavy (non-hydrogen) atoms. The highest BCUT2D eigenvalue weighted by Crippen LogP contribution is 2.29. The number of fused-ring (bicyclic) bond motifs is 1. The fourth-order valence-corrected chi connectivity index (χ4v) is 3.55. The number of imidazole rings is 1. The summed E-state index contributed by atoms with van der Waals surface area (Å²) in [6.07, 6.45) is 4.67. The van der Waals surface area contributed by atoms with Crippen LogP contribution < -0.4 is 0 Å². The molecule has 0 saturated carbocycles. The minimum Gasteiger partial charge on any atom is -0.342 e. The maximum Gasteiger partial charge on any atom is 0.227 e. The van der Waals surface area contributed by atoms with Crippen LogP contribution in [-0.2, 0) is 18.3 Å². The van der Waals surface area contributed by atoms with E-state index in [2.05, 4.69) is 9.55 Å². The molecule has 1 aliphatic heterocycles. The van der Waals surface area contributed by atoms with Crippen molar-refractivity contribution in [2.45, 2.75) is 18.8 Å². The van der Waals surface area contributed by atoms with Crippen LogP contribution in [0.15, 0.2) is 42.7 Å². The smallest absolute Gasteiger partial charge is 0.227 e. The molecule has 1 aromatic carbocycles. The number of likely N-dealkylation sites (tertiary alicyclic amines) is 1. The van der Waals surface area contributed by atoms with Gasteiger partial charge in [-0.15, -0.1) is 0 Å². The Kier molecular flexibility index (Phi) is 3.95. The second kappa shape index (κ2) is 6.27. The van der Waals surface area contributed by atoms with Gasteiger partial charge in [0.1, 0.15) is 11.6 Å². The Morgan fingerprint density at radius 3 is 3.04 bits per heavy atom. The van der Waals surface area contributed by atoms with Crippen LogP contribution in [0.5, 0.6) is 0 Å². The molecule has 0 aliphatic carbocycles. The average Bonchev–Trinajstić information content (AvgIpc) is 3.20. The third-order valence-electron chi connectivity index (χ3n) is 4.87. The Morgan fingerprint density at radius 2 is 2.24 bits per heavy atom. The second-order valence-electron chi connectivity index (χ2n) is 6.53. The van der Waals surface area contributed by atoms with Crippen molar-refractivity contribution >= 4 is 16.9 Å². The molecule has 1 atom stereocenters. The fraction of sp³-hybridized carbons (Fsp3) is 0.316. The van der Waals surface area contributed by atoms with E-state index < -0.39 is 0 Å². The summed E-state index contributed by atoms with van der Waals surface area (Å²) in [5, 5.41) is 0. The number of amides is 1. The summed E-state index contributed by atoms with van der Waals surface area (Å²) in [6, 6.07) is 8.14. The Labute approximate surface area is 145 Å². The Bertz CT molecular complexity index is 936. The molecule has 4 rings (SSSR count). The number of rotatable bonds is 3. The SMILES string of the molecule is Cn1c(C2CCN(C(=O)Cc3cccc(F)c3)C2)nc2ccncc21. The lowest BCUT2D eigenvalue weighted by atomic mass is 10.1. The van der Waals surface area contributed by atoms with Crippen LogP contribution in [-0.4, -0.2) is 38.4 Å². The number of benzene rings is 1. The number of hydrogen-bond acceptors (Lipinski definition) is 3. The topological polar surface area (TPSA) is 51.0 Å². The van der Waals surface area contributed by atoms with E-state index in [0.29, 0.717) is 18.7 Å². The molecule has 5 nitrogen and oxygen atoms in total. The number of nitrogens with zero attached hydrogens (tertiary/aromatic N) is 4. The van der Waals surface area contributed by atoms with Gasteiger partial charge in [0.25, 0.3) is 0 Å². The van der Waals surface area contributed by atoms with Crippen LogP contribution in [0.2, 0.25) is 0 Å². The lowest BCUT2D eigenvalue weighted by Crippen LogP contribution is -2.30. The summed E-state index contributed by atoms with van der Waals surface area (Å²) in [6.45, 7) is 1.36. The van der Waals surface area contributed by atoms with Gasteiger partial charge in [0.05, 0.1) is 23.7 Å². The van der Waals surface area contributed by atoms with Crippen LogP contribution in [0, 0.1) is 5.82 Å². The first-order chi connectivity index (χ1) is 12.1. The number of aryl methyl sites for hydroxylation is 1. The van der Waals surface area contributed by atoms with E-state index in [4.69, 9.17) is 4.98 Å². The normalized spacial score (nSPS) is 17.4. The monoisotopic (exact) mass is 338 g/mol. The van der Waals surface area contributed by atoms with Gasteiger partial charge >= 0.3 is 0 Å². The number of aromatic nitrogens is 3. The maximum atomic E-state index is 13.3. The molecule has 3 heterocycles. The summed E-state index contributed by atoms with van der Waals surface area (Å²) in [7, 11) is 1.99. The number of halogens is 1. The maximum absolute atomic E-state index is 13.3. The molecule has 1 amide bonds. The van der Waals surface area contributed by atoms with Crippen molar-refractivity contribution in [3.8, 4) is 0 Å². The van der Waals surface area contributed by atoms with Gasteiger partial charge in [-0.2, -0.15) is 0 Å². The van der Waals surface area contributed by atoms with E-state index in [0.717, 1.165) is 23.3 Å². The van der Waals surface area contributed by atoms with Crippen LogP contribution >= 0.6 is 0 Å². The van der Waals surface area contributed by atoms with Crippen molar-refractivity contribution < 1.29 is 9.18 Å². The molecule has 0 N–H and O–H groups in total. The van der Waals surface area contributed by atoms with Gasteiger partial charge in [-0.25, -0.2) is 9.37 Å². The summed E-state index contributed by atoms with van der Waals surface area (Å²) in [4.78, 5) is 23.3. The van der Waals surface area contributed by atoms with Gasteiger partial charge in [0, 0.05) is 32.3 Å². The lowest BCUT2D eigenvalue weighted by Gasteiger charge is -2.16. The Hall–Kier alpha value is -2.76. The molecular formula is C19H19FN4O. The van der Waals surface area contributed by atoms with Crippen molar-refractivity contribution in [3.63, 3.8) is 0 Å². The van der Waals surface area contributed by atoms with Crippen molar-refractivity contribution in [1.82, 2.24) is 19.4 Å². The highest BCUT2D eigenvalue weighted by molar-refractivity contribution is 5.79. The van der Waals surface area contributed by atoms with E-state index in [1.165, 1.54) is 12.1 Å². The van der Waals surface area contributed by atoms with Gasteiger partial charge in [-0.1, -0.05) is 12.1 Å². The molecule has 6 heteroatoms.